The summed E-state index contributed by atoms with van der Waals surface area (Å²) in [4.78, 5) is 24.4. The molecule has 2 aromatic carbocycles. The standard InChI is InChI=1S/C20H23NO4S/c1-3-5-15-8-10-16(11-9-15)19(22)12-13-20(23)21-17-6-4-7-18(14-17)26(2,24)25/h4,6-11,14H,3,5,12-13H2,1-2H3,(H,21,23). The van der Waals surface area contributed by atoms with Crippen molar-refractivity contribution < 1.29 is 18.0 Å². The van der Waals surface area contributed by atoms with Crippen LogP contribution in [0.3, 0.4) is 0 Å². The smallest absolute Gasteiger partial charge is 0.224 e. The van der Waals surface area contributed by atoms with E-state index in [2.05, 4.69) is 12.2 Å². The third-order valence-corrected chi connectivity index (χ3v) is 5.05. The summed E-state index contributed by atoms with van der Waals surface area (Å²) >= 11 is 0. The van der Waals surface area contributed by atoms with Crippen molar-refractivity contribution in [2.75, 3.05) is 11.6 Å². The number of amides is 1. The number of nitrogens with one attached hydrogen (secondary N) is 1. The number of sulfone groups is 1. The third kappa shape index (κ3) is 5.81. The molecule has 0 aliphatic rings. The first-order valence-corrected chi connectivity index (χ1v) is 10.4. The highest BCUT2D eigenvalue weighted by Crippen LogP contribution is 2.16. The largest absolute Gasteiger partial charge is 0.326 e. The van der Waals surface area contributed by atoms with E-state index in [-0.39, 0.29) is 29.4 Å². The first kappa shape index (κ1) is 19.8. The average molecular weight is 373 g/mol. The van der Waals surface area contributed by atoms with Crippen molar-refractivity contribution in [3.63, 3.8) is 0 Å². The van der Waals surface area contributed by atoms with Crippen molar-refractivity contribution >= 4 is 27.2 Å². The summed E-state index contributed by atoms with van der Waals surface area (Å²) < 4.78 is 23.1. The van der Waals surface area contributed by atoms with E-state index < -0.39 is 9.84 Å². The summed E-state index contributed by atoms with van der Waals surface area (Å²) in [5.74, 6) is -0.417. The number of Topliss-reactive ketones (excluding diaryl/α,β-unsaturated/α-hetero) is 1. The molecule has 0 saturated heterocycles. The molecule has 0 aliphatic heterocycles. The van der Waals surface area contributed by atoms with Crippen molar-refractivity contribution in [1.82, 2.24) is 0 Å². The van der Waals surface area contributed by atoms with Gasteiger partial charge in [0.1, 0.15) is 0 Å². The molecular weight excluding hydrogens is 350 g/mol. The van der Waals surface area contributed by atoms with E-state index in [0.717, 1.165) is 19.1 Å². The Kier molecular flexibility index (Phi) is 6.69. The van der Waals surface area contributed by atoms with Gasteiger partial charge in [-0.2, -0.15) is 0 Å². The third-order valence-electron chi connectivity index (χ3n) is 3.94. The molecule has 138 valence electrons. The van der Waals surface area contributed by atoms with Crippen LogP contribution in [0.1, 0.15) is 42.1 Å². The predicted octanol–water partition coefficient (Wildman–Crippen LogP) is 3.64. The molecule has 1 N–H and O–H groups in total. The van der Waals surface area contributed by atoms with Gasteiger partial charge in [0.15, 0.2) is 15.6 Å². The fourth-order valence-electron chi connectivity index (χ4n) is 2.55. The second-order valence-electron chi connectivity index (χ2n) is 6.22. The topological polar surface area (TPSA) is 80.3 Å². The molecule has 0 spiro atoms. The van der Waals surface area contributed by atoms with E-state index in [1.165, 1.54) is 17.7 Å². The van der Waals surface area contributed by atoms with Crippen molar-refractivity contribution in [2.45, 2.75) is 37.5 Å². The molecule has 6 heteroatoms. The number of hydrogen-bond acceptors (Lipinski definition) is 4. The molecule has 0 heterocycles. The van der Waals surface area contributed by atoms with Crippen LogP contribution >= 0.6 is 0 Å². The van der Waals surface area contributed by atoms with Crippen LogP contribution in [0.4, 0.5) is 5.69 Å². The lowest BCUT2D eigenvalue weighted by atomic mass is 10.0. The van der Waals surface area contributed by atoms with Crippen molar-refractivity contribution in [2.24, 2.45) is 0 Å². The second-order valence-corrected chi connectivity index (χ2v) is 8.23. The number of anilines is 1. The van der Waals surface area contributed by atoms with Crippen molar-refractivity contribution in [1.29, 1.82) is 0 Å². The molecule has 0 radical (unpaired) electrons. The maximum absolute atomic E-state index is 12.2. The second kappa shape index (κ2) is 8.76. The quantitative estimate of drug-likeness (QED) is 0.716. The van der Waals surface area contributed by atoms with Gasteiger partial charge in [0.05, 0.1) is 4.90 Å². The highest BCUT2D eigenvalue weighted by atomic mass is 32.2. The van der Waals surface area contributed by atoms with Crippen LogP contribution in [0, 0.1) is 0 Å². The maximum Gasteiger partial charge on any atom is 0.224 e. The van der Waals surface area contributed by atoms with E-state index in [4.69, 9.17) is 0 Å². The Bertz CT molecular complexity index is 886. The van der Waals surface area contributed by atoms with E-state index in [0.29, 0.717) is 11.3 Å². The van der Waals surface area contributed by atoms with Gasteiger partial charge in [-0.25, -0.2) is 8.42 Å². The maximum atomic E-state index is 12.2. The van der Waals surface area contributed by atoms with Gasteiger partial charge >= 0.3 is 0 Å². The van der Waals surface area contributed by atoms with Gasteiger partial charge in [0.2, 0.25) is 5.91 Å². The van der Waals surface area contributed by atoms with Gasteiger partial charge in [-0.3, -0.25) is 9.59 Å². The fraction of sp³-hybridized carbons (Fsp3) is 0.300. The monoisotopic (exact) mass is 373 g/mol. The number of carbonyl (C=O) groups excluding carboxylic acids is 2. The lowest BCUT2D eigenvalue weighted by molar-refractivity contribution is -0.116. The van der Waals surface area contributed by atoms with E-state index in [9.17, 15) is 18.0 Å². The van der Waals surface area contributed by atoms with Gasteiger partial charge in [-0.1, -0.05) is 43.7 Å². The van der Waals surface area contributed by atoms with Gasteiger partial charge in [-0.05, 0) is 30.2 Å². The van der Waals surface area contributed by atoms with Crippen LogP contribution in [-0.2, 0) is 21.1 Å². The van der Waals surface area contributed by atoms with Crippen LogP contribution in [0.25, 0.3) is 0 Å². The Morgan fingerprint density at radius 3 is 2.31 bits per heavy atom. The minimum absolute atomic E-state index is 0.0403. The Labute approximate surface area is 154 Å². The number of aryl methyl sites for hydroxylation is 1. The normalized spacial score (nSPS) is 11.2. The minimum atomic E-state index is -3.34. The highest BCUT2D eigenvalue weighted by molar-refractivity contribution is 7.90. The molecule has 0 bridgehead atoms. The molecule has 2 aromatic rings. The number of ketones is 1. The van der Waals surface area contributed by atoms with E-state index >= 15 is 0 Å². The zero-order valence-electron chi connectivity index (χ0n) is 15.0. The Balaban J connectivity index is 1.91. The van der Waals surface area contributed by atoms with E-state index in [1.54, 1.807) is 24.3 Å². The van der Waals surface area contributed by atoms with Crippen LogP contribution in [0.2, 0.25) is 0 Å². The van der Waals surface area contributed by atoms with Gasteiger partial charge in [0, 0.05) is 30.3 Å². The first-order chi connectivity index (χ1) is 12.3. The average Bonchev–Trinajstić information content (AvgIpc) is 2.60. The highest BCUT2D eigenvalue weighted by Gasteiger charge is 2.11. The van der Waals surface area contributed by atoms with E-state index in [1.807, 2.05) is 12.1 Å². The summed E-state index contributed by atoms with van der Waals surface area (Å²) in [6.45, 7) is 2.10. The van der Waals surface area contributed by atoms with Crippen molar-refractivity contribution in [3.05, 3.63) is 59.7 Å². The zero-order chi connectivity index (χ0) is 19.2. The van der Waals surface area contributed by atoms with Crippen LogP contribution < -0.4 is 5.32 Å². The Hall–Kier alpha value is -2.47. The number of hydrogen-bond donors (Lipinski definition) is 1. The molecule has 0 aromatic heterocycles. The fourth-order valence-corrected chi connectivity index (χ4v) is 3.21. The predicted molar refractivity (Wildman–Crippen MR) is 102 cm³/mol. The van der Waals surface area contributed by atoms with Crippen LogP contribution in [0.15, 0.2) is 53.4 Å². The Morgan fingerprint density at radius 1 is 1.00 bits per heavy atom. The molecule has 26 heavy (non-hydrogen) atoms. The van der Waals surface area contributed by atoms with Gasteiger partial charge in [-0.15, -0.1) is 0 Å². The molecule has 0 atom stereocenters. The zero-order valence-corrected chi connectivity index (χ0v) is 15.8. The number of benzene rings is 2. The van der Waals surface area contributed by atoms with Gasteiger partial charge < -0.3 is 5.32 Å². The number of rotatable bonds is 8. The molecule has 0 saturated carbocycles. The summed E-state index contributed by atoms with van der Waals surface area (Å²) in [5.41, 5.74) is 2.18. The van der Waals surface area contributed by atoms with Crippen LogP contribution in [0.5, 0.6) is 0 Å². The molecule has 2 rings (SSSR count). The Morgan fingerprint density at radius 2 is 1.69 bits per heavy atom. The molecule has 5 nitrogen and oxygen atoms in total. The summed E-state index contributed by atoms with van der Waals surface area (Å²) in [6.07, 6.45) is 3.28. The van der Waals surface area contributed by atoms with Crippen LogP contribution in [-0.4, -0.2) is 26.4 Å². The summed E-state index contributed by atoms with van der Waals surface area (Å²) in [5, 5.41) is 2.63. The van der Waals surface area contributed by atoms with Crippen molar-refractivity contribution in [3.8, 4) is 0 Å². The summed E-state index contributed by atoms with van der Waals surface area (Å²) in [7, 11) is -3.34. The lowest BCUT2D eigenvalue weighted by Crippen LogP contribution is -2.14. The number of carbonyl (C=O) groups is 2. The first-order valence-electron chi connectivity index (χ1n) is 8.51. The summed E-state index contributed by atoms with van der Waals surface area (Å²) in [6, 6.07) is 13.5. The molecule has 1 amide bonds. The lowest BCUT2D eigenvalue weighted by Gasteiger charge is -2.07. The molecule has 0 unspecified atom stereocenters. The van der Waals surface area contributed by atoms with Gasteiger partial charge in [0.25, 0.3) is 0 Å². The SMILES string of the molecule is CCCc1ccc(C(=O)CCC(=O)Nc2cccc(S(C)(=O)=O)c2)cc1. The minimum Gasteiger partial charge on any atom is -0.326 e. The molecule has 0 aliphatic carbocycles. The molecular formula is C20H23NO4S. The molecule has 0 fully saturated rings.